The van der Waals surface area contributed by atoms with E-state index in [2.05, 4.69) is 4.98 Å². The van der Waals surface area contributed by atoms with Gasteiger partial charge in [0, 0.05) is 17.6 Å². The smallest absolute Gasteiger partial charge is 0.266 e. The van der Waals surface area contributed by atoms with Gasteiger partial charge in [-0.05, 0) is 48.7 Å². The number of halogens is 2. The first-order valence-electron chi connectivity index (χ1n) is 6.01. The number of fused-ring (bicyclic) bond motifs is 1. The van der Waals surface area contributed by atoms with Gasteiger partial charge >= 0.3 is 0 Å². The predicted octanol–water partition coefficient (Wildman–Crippen LogP) is 3.49. The molecule has 0 saturated carbocycles. The summed E-state index contributed by atoms with van der Waals surface area (Å²) in [5.74, 6) is -0.347. The summed E-state index contributed by atoms with van der Waals surface area (Å²) in [4.78, 5) is 16.5. The molecule has 0 amide bonds. The number of hydrogen-bond acceptors (Lipinski definition) is 2. The van der Waals surface area contributed by atoms with Crippen LogP contribution in [0.4, 0.5) is 4.39 Å². The van der Waals surface area contributed by atoms with Gasteiger partial charge in [0.25, 0.3) is 5.56 Å². The van der Waals surface area contributed by atoms with Gasteiger partial charge in [0.1, 0.15) is 11.0 Å². The summed E-state index contributed by atoms with van der Waals surface area (Å²) >= 11 is 6.01. The molecule has 0 fully saturated rings. The molecule has 0 spiro atoms. The van der Waals surface area contributed by atoms with Crippen molar-refractivity contribution >= 4 is 22.4 Å². The van der Waals surface area contributed by atoms with Crippen LogP contribution in [0.15, 0.2) is 47.4 Å². The largest absolute Gasteiger partial charge is 0.281 e. The van der Waals surface area contributed by atoms with Gasteiger partial charge in [-0.15, -0.1) is 0 Å². The van der Waals surface area contributed by atoms with E-state index in [1.165, 1.54) is 16.7 Å². The average Bonchev–Trinajstić information content (AvgIpc) is 2.40. The molecule has 0 atom stereocenters. The molecule has 0 saturated heterocycles. The summed E-state index contributed by atoms with van der Waals surface area (Å²) in [5.41, 5.74) is 1.08. The number of hydrogen-bond donors (Lipinski definition) is 0. The lowest BCUT2D eigenvalue weighted by atomic mass is 10.2. The van der Waals surface area contributed by atoms with Crippen LogP contribution in [0.25, 0.3) is 16.5 Å². The van der Waals surface area contributed by atoms with Gasteiger partial charge in [0.15, 0.2) is 0 Å². The van der Waals surface area contributed by atoms with Crippen LogP contribution in [-0.4, -0.2) is 9.55 Å². The van der Waals surface area contributed by atoms with Crippen molar-refractivity contribution in [2.75, 3.05) is 0 Å². The maximum Gasteiger partial charge on any atom is 0.266 e. The minimum absolute atomic E-state index is 0.170. The molecule has 0 N–H and O–H groups in total. The van der Waals surface area contributed by atoms with Gasteiger partial charge in [-0.25, -0.2) is 9.37 Å². The van der Waals surface area contributed by atoms with Crippen molar-refractivity contribution in [2.24, 2.45) is 0 Å². The molecule has 0 radical (unpaired) electrons. The molecule has 20 heavy (non-hydrogen) atoms. The van der Waals surface area contributed by atoms with E-state index >= 15 is 0 Å². The third-order valence-corrected chi connectivity index (χ3v) is 3.44. The molecule has 2 aromatic heterocycles. The normalized spacial score (nSPS) is 10.9. The van der Waals surface area contributed by atoms with Gasteiger partial charge < -0.3 is 0 Å². The molecule has 0 aliphatic heterocycles. The molecule has 0 bridgehead atoms. The summed E-state index contributed by atoms with van der Waals surface area (Å²) in [5, 5.41) is 1.28. The van der Waals surface area contributed by atoms with Crippen LogP contribution in [0.1, 0.15) is 5.69 Å². The lowest BCUT2D eigenvalue weighted by Gasteiger charge is -2.12. The fourth-order valence-electron chi connectivity index (χ4n) is 2.25. The number of benzene rings is 1. The van der Waals surface area contributed by atoms with E-state index in [1.807, 2.05) is 13.0 Å². The third-order valence-electron chi connectivity index (χ3n) is 3.16. The Labute approximate surface area is 119 Å². The van der Waals surface area contributed by atoms with Crippen molar-refractivity contribution in [3.63, 3.8) is 0 Å². The Morgan fingerprint density at radius 1 is 1.20 bits per heavy atom. The SMILES string of the molecule is Cc1cc2ccnc(Cl)c2c(=O)n1-c1ccc(F)cc1. The quantitative estimate of drug-likeness (QED) is 0.643. The second-order valence-corrected chi connectivity index (χ2v) is 4.83. The van der Waals surface area contributed by atoms with E-state index in [4.69, 9.17) is 11.6 Å². The number of pyridine rings is 2. The Morgan fingerprint density at radius 2 is 1.90 bits per heavy atom. The van der Waals surface area contributed by atoms with Gasteiger partial charge in [-0.3, -0.25) is 9.36 Å². The highest BCUT2D eigenvalue weighted by atomic mass is 35.5. The lowest BCUT2D eigenvalue weighted by molar-refractivity contribution is 0.627. The standard InChI is InChI=1S/C15H10ClFN2O/c1-9-8-10-6-7-18-14(16)13(10)15(20)19(9)12-4-2-11(17)3-5-12/h2-8H,1H3. The highest BCUT2D eigenvalue weighted by Gasteiger charge is 2.11. The zero-order chi connectivity index (χ0) is 14.3. The summed E-state index contributed by atoms with van der Waals surface area (Å²) in [6.07, 6.45) is 1.56. The molecule has 0 aliphatic rings. The highest BCUT2D eigenvalue weighted by Crippen LogP contribution is 2.20. The Bertz CT molecular complexity index is 856. The second-order valence-electron chi connectivity index (χ2n) is 4.47. The number of aromatic nitrogens is 2. The van der Waals surface area contributed by atoms with Crippen LogP contribution >= 0.6 is 11.6 Å². The zero-order valence-corrected chi connectivity index (χ0v) is 11.4. The van der Waals surface area contributed by atoms with Crippen molar-refractivity contribution in [3.8, 4) is 5.69 Å². The Morgan fingerprint density at radius 3 is 2.60 bits per heavy atom. The first-order chi connectivity index (χ1) is 9.58. The van der Waals surface area contributed by atoms with Crippen molar-refractivity contribution < 1.29 is 4.39 Å². The minimum atomic E-state index is -0.347. The maximum atomic E-state index is 13.0. The van der Waals surface area contributed by atoms with E-state index in [0.29, 0.717) is 11.1 Å². The first kappa shape index (κ1) is 12.8. The molecule has 3 nitrogen and oxygen atoms in total. The van der Waals surface area contributed by atoms with Crippen molar-refractivity contribution in [1.82, 2.24) is 9.55 Å². The molecule has 5 heteroatoms. The van der Waals surface area contributed by atoms with Crippen LogP contribution in [0.3, 0.4) is 0 Å². The number of nitrogens with zero attached hydrogens (tertiary/aromatic N) is 2. The molecule has 0 aliphatic carbocycles. The predicted molar refractivity (Wildman–Crippen MR) is 77.0 cm³/mol. The number of rotatable bonds is 1. The first-order valence-corrected chi connectivity index (χ1v) is 6.38. The molecule has 3 rings (SSSR count). The molecule has 2 heterocycles. The van der Waals surface area contributed by atoms with Crippen LogP contribution in [0.5, 0.6) is 0 Å². The summed E-state index contributed by atoms with van der Waals surface area (Å²) in [7, 11) is 0. The topological polar surface area (TPSA) is 34.9 Å². The molecule has 3 aromatic rings. The average molecular weight is 289 g/mol. The fourth-order valence-corrected chi connectivity index (χ4v) is 2.50. The summed E-state index contributed by atoms with van der Waals surface area (Å²) in [6, 6.07) is 9.34. The number of aryl methyl sites for hydroxylation is 1. The van der Waals surface area contributed by atoms with E-state index in [1.54, 1.807) is 24.4 Å². The van der Waals surface area contributed by atoms with E-state index in [-0.39, 0.29) is 16.5 Å². The molecule has 0 unspecified atom stereocenters. The van der Waals surface area contributed by atoms with Crippen molar-refractivity contribution in [1.29, 1.82) is 0 Å². The van der Waals surface area contributed by atoms with Crippen molar-refractivity contribution in [2.45, 2.75) is 6.92 Å². The second kappa shape index (κ2) is 4.72. The third kappa shape index (κ3) is 1.98. The van der Waals surface area contributed by atoms with Gasteiger partial charge in [-0.1, -0.05) is 11.6 Å². The van der Waals surface area contributed by atoms with Gasteiger partial charge in [0.2, 0.25) is 0 Å². The van der Waals surface area contributed by atoms with Crippen molar-refractivity contribution in [3.05, 3.63) is 69.6 Å². The van der Waals surface area contributed by atoms with Crippen LogP contribution < -0.4 is 5.56 Å². The summed E-state index contributed by atoms with van der Waals surface area (Å²) < 4.78 is 14.5. The fraction of sp³-hybridized carbons (Fsp3) is 0.0667. The van der Waals surface area contributed by atoms with E-state index in [0.717, 1.165) is 11.1 Å². The Balaban J connectivity index is 2.39. The van der Waals surface area contributed by atoms with E-state index < -0.39 is 0 Å². The molecule has 100 valence electrons. The molecular weight excluding hydrogens is 279 g/mol. The van der Waals surface area contributed by atoms with Gasteiger partial charge in [0.05, 0.1) is 5.39 Å². The zero-order valence-electron chi connectivity index (χ0n) is 10.6. The molecule has 1 aromatic carbocycles. The molecular formula is C15H10ClFN2O. The maximum absolute atomic E-state index is 13.0. The Kier molecular flexibility index (Phi) is 3.03. The van der Waals surface area contributed by atoms with Crippen LogP contribution in [0.2, 0.25) is 5.15 Å². The summed E-state index contributed by atoms with van der Waals surface area (Å²) in [6.45, 7) is 1.82. The van der Waals surface area contributed by atoms with E-state index in [9.17, 15) is 9.18 Å². The highest BCUT2D eigenvalue weighted by molar-refractivity contribution is 6.34. The monoisotopic (exact) mass is 288 g/mol. The Hall–Kier alpha value is -2.20. The lowest BCUT2D eigenvalue weighted by Crippen LogP contribution is -2.21. The minimum Gasteiger partial charge on any atom is -0.281 e. The van der Waals surface area contributed by atoms with Gasteiger partial charge in [-0.2, -0.15) is 0 Å². The van der Waals surface area contributed by atoms with Crippen LogP contribution in [0, 0.1) is 12.7 Å². The van der Waals surface area contributed by atoms with Crippen LogP contribution in [-0.2, 0) is 0 Å².